The summed E-state index contributed by atoms with van der Waals surface area (Å²) in [5.41, 5.74) is 7.59. The summed E-state index contributed by atoms with van der Waals surface area (Å²) in [5, 5.41) is 4.27. The lowest BCUT2D eigenvalue weighted by molar-refractivity contribution is 0.396. The summed E-state index contributed by atoms with van der Waals surface area (Å²) < 4.78 is 5.07. The number of methoxy groups -OCH3 is 1. The molecule has 3 N–H and O–H groups in total. The summed E-state index contributed by atoms with van der Waals surface area (Å²) in [5.74, 6) is 0.860. The molecule has 0 radical (unpaired) electrons. The monoisotopic (exact) mass is 480 g/mol. The summed E-state index contributed by atoms with van der Waals surface area (Å²) in [4.78, 5) is 8.55. The van der Waals surface area contributed by atoms with E-state index in [-0.39, 0.29) is 30.0 Å². The molecule has 0 amide bonds. The quantitative estimate of drug-likeness (QED) is 0.382. The fraction of sp³-hybridized carbons (Fsp3) is 0.250. The summed E-state index contributed by atoms with van der Waals surface area (Å²) in [6.07, 6.45) is 0. The fourth-order valence-electron chi connectivity index (χ4n) is 2.02. The van der Waals surface area contributed by atoms with Crippen molar-refractivity contribution in [1.82, 2.24) is 10.3 Å². The average molecular weight is 481 g/mol. The molecule has 0 bridgehead atoms. The molecule has 5 nitrogen and oxygen atoms in total. The minimum absolute atomic E-state index is 0. The molecule has 1 unspecified atom stereocenters. The second-order valence-corrected chi connectivity index (χ2v) is 5.75. The molecule has 0 spiro atoms. The molecule has 0 aliphatic carbocycles. The Balaban J connectivity index is 0.00000288. The standard InChI is InChI=1S/C16H18Cl2N4O.HI/c1-10(13-7-6-11(17)8-14(13)18)21-16(19)20-9-12-4-3-5-15(22-12)23-2;/h3-8,10H,9H2,1-2H3,(H3,19,20,21);1H. The van der Waals surface area contributed by atoms with Gasteiger partial charge < -0.3 is 15.8 Å². The molecular weight excluding hydrogens is 462 g/mol. The smallest absolute Gasteiger partial charge is 0.213 e. The number of benzene rings is 1. The first-order valence-electron chi connectivity index (χ1n) is 7.01. The van der Waals surface area contributed by atoms with E-state index in [0.29, 0.717) is 28.4 Å². The highest BCUT2D eigenvalue weighted by Crippen LogP contribution is 2.25. The van der Waals surface area contributed by atoms with Gasteiger partial charge in [-0.25, -0.2) is 9.98 Å². The van der Waals surface area contributed by atoms with Gasteiger partial charge in [-0.2, -0.15) is 0 Å². The lowest BCUT2D eigenvalue weighted by atomic mass is 10.1. The number of nitrogens with zero attached hydrogens (tertiary/aromatic N) is 2. The zero-order chi connectivity index (χ0) is 16.8. The fourth-order valence-corrected chi connectivity index (χ4v) is 2.60. The third kappa shape index (κ3) is 5.99. The van der Waals surface area contributed by atoms with Crippen LogP contribution in [0.2, 0.25) is 10.0 Å². The first kappa shape index (κ1) is 20.8. The van der Waals surface area contributed by atoms with Crippen LogP contribution in [0.3, 0.4) is 0 Å². The summed E-state index contributed by atoms with van der Waals surface area (Å²) in [7, 11) is 1.57. The topological polar surface area (TPSA) is 72.5 Å². The van der Waals surface area contributed by atoms with Gasteiger partial charge in [-0.3, -0.25) is 0 Å². The Bertz CT molecular complexity index is 712. The molecule has 1 aromatic heterocycles. The zero-order valence-corrected chi connectivity index (χ0v) is 17.1. The van der Waals surface area contributed by atoms with E-state index >= 15 is 0 Å². The van der Waals surface area contributed by atoms with Crippen LogP contribution in [0.5, 0.6) is 5.88 Å². The summed E-state index contributed by atoms with van der Waals surface area (Å²) in [6, 6.07) is 10.7. The molecule has 0 saturated carbocycles. The van der Waals surface area contributed by atoms with Gasteiger partial charge in [0.2, 0.25) is 5.88 Å². The van der Waals surface area contributed by atoms with Crippen molar-refractivity contribution in [3.05, 3.63) is 57.7 Å². The van der Waals surface area contributed by atoms with Crippen LogP contribution in [-0.2, 0) is 6.54 Å². The third-order valence-corrected chi connectivity index (χ3v) is 3.76. The number of ether oxygens (including phenoxy) is 1. The van der Waals surface area contributed by atoms with Crippen LogP contribution in [0.25, 0.3) is 0 Å². The van der Waals surface area contributed by atoms with Gasteiger partial charge in [0.1, 0.15) is 0 Å². The van der Waals surface area contributed by atoms with E-state index in [1.165, 1.54) is 0 Å². The van der Waals surface area contributed by atoms with Crippen LogP contribution in [0.15, 0.2) is 41.4 Å². The van der Waals surface area contributed by atoms with Gasteiger partial charge in [-0.15, -0.1) is 24.0 Å². The number of nitrogens with one attached hydrogen (secondary N) is 1. The van der Waals surface area contributed by atoms with Crippen molar-refractivity contribution < 1.29 is 4.74 Å². The van der Waals surface area contributed by atoms with Crippen molar-refractivity contribution in [2.24, 2.45) is 10.7 Å². The first-order valence-corrected chi connectivity index (χ1v) is 7.76. The Kier molecular flexibility index (Phi) is 8.58. The molecular formula is C16H19Cl2IN4O. The van der Waals surface area contributed by atoms with E-state index in [0.717, 1.165) is 11.3 Å². The average Bonchev–Trinajstić information content (AvgIpc) is 2.53. The van der Waals surface area contributed by atoms with E-state index in [9.17, 15) is 0 Å². The van der Waals surface area contributed by atoms with Crippen molar-refractivity contribution in [1.29, 1.82) is 0 Å². The second kappa shape index (κ2) is 9.90. The first-order chi connectivity index (χ1) is 11.0. The number of nitrogens with two attached hydrogens (primary N) is 1. The molecule has 1 atom stereocenters. The zero-order valence-electron chi connectivity index (χ0n) is 13.3. The molecule has 0 aliphatic rings. The summed E-state index contributed by atoms with van der Waals surface area (Å²) in [6.45, 7) is 2.30. The van der Waals surface area contributed by atoms with Crippen molar-refractivity contribution in [3.63, 3.8) is 0 Å². The molecule has 0 aliphatic heterocycles. The Hall–Kier alpha value is -1.25. The number of aliphatic imine (C=N–C) groups is 1. The maximum absolute atomic E-state index is 6.19. The van der Waals surface area contributed by atoms with Crippen molar-refractivity contribution in [2.75, 3.05) is 7.11 Å². The van der Waals surface area contributed by atoms with Crippen LogP contribution < -0.4 is 15.8 Å². The van der Waals surface area contributed by atoms with Gasteiger partial charge in [0.05, 0.1) is 25.4 Å². The third-order valence-electron chi connectivity index (χ3n) is 3.20. The number of rotatable bonds is 5. The minimum Gasteiger partial charge on any atom is -0.481 e. The van der Waals surface area contributed by atoms with E-state index in [1.807, 2.05) is 25.1 Å². The largest absolute Gasteiger partial charge is 0.481 e. The Labute approximate surface area is 168 Å². The minimum atomic E-state index is -0.0956. The van der Waals surface area contributed by atoms with E-state index in [1.54, 1.807) is 25.3 Å². The van der Waals surface area contributed by atoms with Crippen LogP contribution in [0.4, 0.5) is 0 Å². The SMILES string of the molecule is COc1cccc(CN=C(N)NC(C)c2ccc(Cl)cc2Cl)n1.I. The number of guanidine groups is 1. The van der Waals surface area contributed by atoms with Gasteiger partial charge in [-0.1, -0.05) is 35.3 Å². The lowest BCUT2D eigenvalue weighted by Gasteiger charge is -2.16. The van der Waals surface area contributed by atoms with Crippen LogP contribution in [-0.4, -0.2) is 18.1 Å². The molecule has 1 aromatic carbocycles. The highest BCUT2D eigenvalue weighted by atomic mass is 127. The van der Waals surface area contributed by atoms with Gasteiger partial charge in [0.15, 0.2) is 5.96 Å². The Morgan fingerprint density at radius 3 is 2.75 bits per heavy atom. The Morgan fingerprint density at radius 1 is 1.33 bits per heavy atom. The molecule has 2 rings (SSSR count). The van der Waals surface area contributed by atoms with E-state index in [2.05, 4.69) is 15.3 Å². The maximum atomic E-state index is 6.19. The molecule has 24 heavy (non-hydrogen) atoms. The number of hydrogen-bond acceptors (Lipinski definition) is 3. The van der Waals surface area contributed by atoms with Gasteiger partial charge in [0.25, 0.3) is 0 Å². The van der Waals surface area contributed by atoms with Gasteiger partial charge in [0, 0.05) is 16.1 Å². The second-order valence-electron chi connectivity index (χ2n) is 4.90. The maximum Gasteiger partial charge on any atom is 0.213 e. The van der Waals surface area contributed by atoms with Gasteiger partial charge >= 0.3 is 0 Å². The number of halogens is 3. The lowest BCUT2D eigenvalue weighted by Crippen LogP contribution is -2.34. The number of pyridine rings is 1. The summed E-state index contributed by atoms with van der Waals surface area (Å²) >= 11 is 12.1. The van der Waals surface area contributed by atoms with Crippen LogP contribution >= 0.6 is 47.2 Å². The van der Waals surface area contributed by atoms with Crippen molar-refractivity contribution >= 4 is 53.1 Å². The van der Waals surface area contributed by atoms with E-state index < -0.39 is 0 Å². The van der Waals surface area contributed by atoms with Crippen LogP contribution in [0, 0.1) is 0 Å². The molecule has 0 saturated heterocycles. The number of hydrogen-bond donors (Lipinski definition) is 2. The number of aromatic nitrogens is 1. The van der Waals surface area contributed by atoms with Gasteiger partial charge in [-0.05, 0) is 30.7 Å². The van der Waals surface area contributed by atoms with Crippen molar-refractivity contribution in [2.45, 2.75) is 19.5 Å². The predicted octanol–water partition coefficient (Wildman–Crippen LogP) is 4.18. The van der Waals surface area contributed by atoms with Crippen LogP contribution in [0.1, 0.15) is 24.2 Å². The van der Waals surface area contributed by atoms with E-state index in [4.69, 9.17) is 33.7 Å². The molecule has 8 heteroatoms. The molecule has 2 aromatic rings. The molecule has 130 valence electrons. The highest BCUT2D eigenvalue weighted by molar-refractivity contribution is 14.0. The highest BCUT2D eigenvalue weighted by Gasteiger charge is 2.10. The van der Waals surface area contributed by atoms with Crippen molar-refractivity contribution in [3.8, 4) is 5.88 Å². The molecule has 1 heterocycles. The Morgan fingerprint density at radius 2 is 2.08 bits per heavy atom. The molecule has 0 fully saturated rings. The predicted molar refractivity (Wildman–Crippen MR) is 110 cm³/mol. The normalized spacial score (nSPS) is 12.2.